The Balaban J connectivity index is 3.34. The zero-order valence-electron chi connectivity index (χ0n) is 7.30. The molecule has 2 unspecified atom stereocenters. The van der Waals surface area contributed by atoms with Crippen molar-refractivity contribution in [2.45, 2.75) is 39.7 Å². The third-order valence-electron chi connectivity index (χ3n) is 1.42. The lowest BCUT2D eigenvalue weighted by Crippen LogP contribution is -2.12. The van der Waals surface area contributed by atoms with Crippen molar-refractivity contribution in [1.29, 1.82) is 0 Å². The molecule has 0 saturated carbocycles. The molecular weight excluding hydrogens is 124 g/mol. The van der Waals surface area contributed by atoms with Crippen LogP contribution in [0.1, 0.15) is 33.6 Å². The van der Waals surface area contributed by atoms with E-state index < -0.39 is 0 Å². The van der Waals surface area contributed by atoms with E-state index >= 15 is 0 Å². The molecule has 1 heteroatoms. The van der Waals surface area contributed by atoms with Crippen LogP contribution in [-0.2, 0) is 0 Å². The Morgan fingerprint density at radius 2 is 1.70 bits per heavy atom. The van der Waals surface area contributed by atoms with Gasteiger partial charge in [-0.3, -0.25) is 0 Å². The van der Waals surface area contributed by atoms with Crippen molar-refractivity contribution in [3.63, 3.8) is 0 Å². The summed E-state index contributed by atoms with van der Waals surface area (Å²) in [4.78, 5) is 0. The predicted molar refractivity (Wildman–Crippen MR) is 44.6 cm³/mol. The van der Waals surface area contributed by atoms with Gasteiger partial charge in [0, 0.05) is 0 Å². The quantitative estimate of drug-likeness (QED) is 0.640. The van der Waals surface area contributed by atoms with Gasteiger partial charge < -0.3 is 5.11 Å². The maximum absolute atomic E-state index is 9.35. The molecule has 0 fully saturated rings. The van der Waals surface area contributed by atoms with Crippen molar-refractivity contribution < 1.29 is 5.11 Å². The first-order chi connectivity index (χ1) is 4.52. The summed E-state index contributed by atoms with van der Waals surface area (Å²) in [6.07, 6.45) is 1.59. The molecule has 0 heterocycles. The minimum absolute atomic E-state index is 0.146. The van der Waals surface area contributed by atoms with Crippen molar-refractivity contribution in [2.24, 2.45) is 11.8 Å². The predicted octanol–water partition coefficient (Wildman–Crippen LogP) is 2.25. The summed E-state index contributed by atoms with van der Waals surface area (Å²) in [6.45, 7) is 10.1. The number of hydrogen-bond acceptors (Lipinski definition) is 1. The lowest BCUT2D eigenvalue weighted by Gasteiger charge is -2.14. The van der Waals surface area contributed by atoms with Gasteiger partial charge in [0.25, 0.3) is 0 Å². The van der Waals surface area contributed by atoms with Gasteiger partial charge in [-0.2, -0.15) is 0 Å². The maximum Gasteiger partial charge on any atom is 0.0545 e. The third kappa shape index (κ3) is 6.09. The van der Waals surface area contributed by atoms with Crippen LogP contribution in [0, 0.1) is 18.8 Å². The molecule has 0 aromatic carbocycles. The summed E-state index contributed by atoms with van der Waals surface area (Å²) in [6, 6.07) is 0. The molecule has 10 heavy (non-hydrogen) atoms. The molecule has 0 aliphatic rings. The second-order valence-electron chi connectivity index (χ2n) is 3.62. The first-order valence-electron chi connectivity index (χ1n) is 4.03. The van der Waals surface area contributed by atoms with Crippen molar-refractivity contribution in [1.82, 2.24) is 0 Å². The van der Waals surface area contributed by atoms with E-state index in [0.717, 1.165) is 12.8 Å². The summed E-state index contributed by atoms with van der Waals surface area (Å²) < 4.78 is 0. The Labute approximate surface area is 64.5 Å². The fraction of sp³-hybridized carbons (Fsp3) is 0.889. The van der Waals surface area contributed by atoms with Gasteiger partial charge in [-0.1, -0.05) is 27.7 Å². The molecule has 0 bridgehead atoms. The average molecular weight is 143 g/mol. The van der Waals surface area contributed by atoms with E-state index in [1.165, 1.54) is 0 Å². The highest BCUT2D eigenvalue weighted by atomic mass is 16.3. The molecule has 1 N–H and O–H groups in total. The smallest absolute Gasteiger partial charge is 0.0545 e. The largest absolute Gasteiger partial charge is 0.393 e. The zero-order chi connectivity index (χ0) is 8.15. The highest BCUT2D eigenvalue weighted by Crippen LogP contribution is 2.11. The lowest BCUT2D eigenvalue weighted by atomic mass is 9.98. The van der Waals surface area contributed by atoms with E-state index in [-0.39, 0.29) is 6.10 Å². The van der Waals surface area contributed by atoms with Gasteiger partial charge in [0.1, 0.15) is 0 Å². The van der Waals surface area contributed by atoms with E-state index in [9.17, 15) is 5.11 Å². The Morgan fingerprint density at radius 1 is 1.20 bits per heavy atom. The molecule has 0 spiro atoms. The Morgan fingerprint density at radius 3 is 2.00 bits per heavy atom. The molecule has 0 aromatic heterocycles. The second kappa shape index (κ2) is 4.73. The Kier molecular flexibility index (Phi) is 4.71. The van der Waals surface area contributed by atoms with E-state index in [2.05, 4.69) is 20.8 Å². The first-order valence-corrected chi connectivity index (χ1v) is 4.03. The van der Waals surface area contributed by atoms with Gasteiger partial charge >= 0.3 is 0 Å². The molecule has 0 aliphatic carbocycles. The van der Waals surface area contributed by atoms with Crippen molar-refractivity contribution in [3.8, 4) is 0 Å². The fourth-order valence-corrected chi connectivity index (χ4v) is 1.10. The Hall–Kier alpha value is -0.0400. The molecule has 0 rings (SSSR count). The second-order valence-corrected chi connectivity index (χ2v) is 3.62. The van der Waals surface area contributed by atoms with Crippen LogP contribution < -0.4 is 0 Å². The van der Waals surface area contributed by atoms with Crippen molar-refractivity contribution >= 4 is 0 Å². The molecule has 0 saturated heterocycles. The van der Waals surface area contributed by atoms with Crippen LogP contribution in [0.4, 0.5) is 0 Å². The van der Waals surface area contributed by atoms with Crippen molar-refractivity contribution in [2.75, 3.05) is 0 Å². The van der Waals surface area contributed by atoms with Crippen LogP contribution >= 0.6 is 0 Å². The summed E-state index contributed by atoms with van der Waals surface area (Å²) in [5.74, 6) is 0.961. The van der Waals surface area contributed by atoms with E-state index in [4.69, 9.17) is 0 Å². The van der Waals surface area contributed by atoms with Crippen LogP contribution in [0.25, 0.3) is 0 Å². The molecule has 0 aromatic rings. The number of aliphatic hydroxyl groups is 1. The minimum atomic E-state index is -0.146. The third-order valence-corrected chi connectivity index (χ3v) is 1.42. The highest BCUT2D eigenvalue weighted by Gasteiger charge is 2.08. The minimum Gasteiger partial charge on any atom is -0.393 e. The topological polar surface area (TPSA) is 20.2 Å². The number of rotatable bonds is 4. The van der Waals surface area contributed by atoms with Crippen LogP contribution in [-0.4, -0.2) is 11.2 Å². The van der Waals surface area contributed by atoms with Crippen LogP contribution in [0.5, 0.6) is 0 Å². The molecule has 1 nitrogen and oxygen atoms in total. The van der Waals surface area contributed by atoms with Gasteiger partial charge in [0.15, 0.2) is 0 Å². The van der Waals surface area contributed by atoms with Crippen LogP contribution in [0.3, 0.4) is 0 Å². The van der Waals surface area contributed by atoms with E-state index in [1.54, 1.807) is 0 Å². The van der Waals surface area contributed by atoms with E-state index in [0.29, 0.717) is 11.8 Å². The van der Waals surface area contributed by atoms with Gasteiger partial charge in [0.2, 0.25) is 0 Å². The van der Waals surface area contributed by atoms with Crippen LogP contribution in [0.2, 0.25) is 0 Å². The van der Waals surface area contributed by atoms with Crippen molar-refractivity contribution in [3.05, 3.63) is 6.92 Å². The zero-order valence-corrected chi connectivity index (χ0v) is 7.30. The summed E-state index contributed by atoms with van der Waals surface area (Å²) in [5.41, 5.74) is 0. The number of aliphatic hydroxyl groups excluding tert-OH is 1. The standard InChI is InChI=1S/C9H19O/c1-7(2)5-9(10)6-8(3)4/h7-10H,1,5-6H2,2-4H3. The molecule has 61 valence electrons. The summed E-state index contributed by atoms with van der Waals surface area (Å²) in [5, 5.41) is 9.35. The summed E-state index contributed by atoms with van der Waals surface area (Å²) in [7, 11) is 0. The molecule has 0 aliphatic heterocycles. The normalized spacial score (nSPS) is 12.0. The molecule has 0 amide bonds. The van der Waals surface area contributed by atoms with Crippen LogP contribution in [0.15, 0.2) is 0 Å². The highest BCUT2D eigenvalue weighted by molar-refractivity contribution is 4.63. The SMILES string of the molecule is [CH2]C(C)CC(O)CC(C)C. The van der Waals surface area contributed by atoms with Gasteiger partial charge in [-0.05, 0) is 24.7 Å². The van der Waals surface area contributed by atoms with Gasteiger partial charge in [0.05, 0.1) is 6.10 Å². The van der Waals surface area contributed by atoms with Gasteiger partial charge in [-0.15, -0.1) is 0 Å². The molecule has 1 radical (unpaired) electrons. The molecular formula is C9H19O. The maximum atomic E-state index is 9.35. The number of hydrogen-bond donors (Lipinski definition) is 1. The average Bonchev–Trinajstić information content (AvgIpc) is 1.58. The fourth-order valence-electron chi connectivity index (χ4n) is 1.10. The van der Waals surface area contributed by atoms with E-state index in [1.807, 2.05) is 6.92 Å². The first kappa shape index (κ1) is 9.96. The monoisotopic (exact) mass is 143 g/mol. The lowest BCUT2D eigenvalue weighted by molar-refractivity contribution is 0.129. The molecule has 2 atom stereocenters. The van der Waals surface area contributed by atoms with Gasteiger partial charge in [-0.25, -0.2) is 0 Å². The summed E-state index contributed by atoms with van der Waals surface area (Å²) >= 11 is 0. The Bertz CT molecular complexity index is 66.8.